The summed E-state index contributed by atoms with van der Waals surface area (Å²) in [6, 6.07) is 14.1. The van der Waals surface area contributed by atoms with E-state index < -0.39 is 0 Å². The third-order valence-electron chi connectivity index (χ3n) is 3.56. The maximum Gasteiger partial charge on any atom is 0.134 e. The number of rotatable bonds is 5. The van der Waals surface area contributed by atoms with Crippen LogP contribution in [0.15, 0.2) is 46.9 Å². The van der Waals surface area contributed by atoms with Crippen molar-refractivity contribution in [3.05, 3.63) is 57.4 Å². The summed E-state index contributed by atoms with van der Waals surface area (Å²) >= 11 is 7.58. The second kappa shape index (κ2) is 6.20. The smallest absolute Gasteiger partial charge is 0.134 e. The summed E-state index contributed by atoms with van der Waals surface area (Å²) in [5.41, 5.74) is 6.86. The van der Waals surface area contributed by atoms with Gasteiger partial charge in [0, 0.05) is 23.4 Å². The van der Waals surface area contributed by atoms with Gasteiger partial charge in [-0.15, -0.1) is 11.3 Å². The standard InChI is InChI=1S/C16H17ClN2OS/c1-19(10-12-6-7-16(17)21-12)13(9-18)15-8-11-4-2-3-5-14(11)20-15/h2-8,13H,9-10,18H2,1H3. The second-order valence-corrected chi connectivity index (χ2v) is 6.86. The molecular formula is C16H17ClN2OS. The zero-order valence-electron chi connectivity index (χ0n) is 11.8. The molecule has 3 nitrogen and oxygen atoms in total. The van der Waals surface area contributed by atoms with Crippen LogP contribution in [-0.4, -0.2) is 18.5 Å². The van der Waals surface area contributed by atoms with E-state index in [1.54, 1.807) is 11.3 Å². The van der Waals surface area contributed by atoms with Crippen LogP contribution in [0.25, 0.3) is 11.0 Å². The van der Waals surface area contributed by atoms with E-state index in [-0.39, 0.29) is 6.04 Å². The lowest BCUT2D eigenvalue weighted by molar-refractivity contribution is 0.217. The SMILES string of the molecule is CN(Cc1ccc(Cl)s1)C(CN)c1cc2ccccc2o1. The zero-order chi connectivity index (χ0) is 14.8. The van der Waals surface area contributed by atoms with Crippen LogP contribution in [0.4, 0.5) is 0 Å². The Labute approximate surface area is 132 Å². The largest absolute Gasteiger partial charge is 0.459 e. The zero-order valence-corrected chi connectivity index (χ0v) is 13.3. The molecule has 1 unspecified atom stereocenters. The highest BCUT2D eigenvalue weighted by molar-refractivity contribution is 7.16. The van der Waals surface area contributed by atoms with Crippen LogP contribution >= 0.6 is 22.9 Å². The summed E-state index contributed by atoms with van der Waals surface area (Å²) < 4.78 is 6.75. The maximum atomic E-state index is 5.98. The Kier molecular flexibility index (Phi) is 4.31. The molecule has 3 rings (SSSR count). The minimum atomic E-state index is 0.0540. The van der Waals surface area contributed by atoms with E-state index in [2.05, 4.69) is 30.1 Å². The molecule has 0 saturated heterocycles. The summed E-state index contributed by atoms with van der Waals surface area (Å²) in [6.07, 6.45) is 0. The summed E-state index contributed by atoms with van der Waals surface area (Å²) in [4.78, 5) is 3.41. The molecule has 21 heavy (non-hydrogen) atoms. The van der Waals surface area contributed by atoms with Gasteiger partial charge in [-0.05, 0) is 31.3 Å². The summed E-state index contributed by atoms with van der Waals surface area (Å²) in [5.74, 6) is 0.906. The molecule has 2 heterocycles. The van der Waals surface area contributed by atoms with Crippen molar-refractivity contribution in [2.24, 2.45) is 5.73 Å². The fraction of sp³-hybridized carbons (Fsp3) is 0.250. The molecule has 0 bridgehead atoms. The van der Waals surface area contributed by atoms with Crippen molar-refractivity contribution >= 4 is 33.9 Å². The third kappa shape index (κ3) is 3.14. The molecule has 0 amide bonds. The Morgan fingerprint density at radius 1 is 1.29 bits per heavy atom. The number of benzene rings is 1. The van der Waals surface area contributed by atoms with Crippen LogP contribution in [0.3, 0.4) is 0 Å². The van der Waals surface area contributed by atoms with Gasteiger partial charge >= 0.3 is 0 Å². The molecule has 2 aromatic heterocycles. The highest BCUT2D eigenvalue weighted by Gasteiger charge is 2.20. The highest BCUT2D eigenvalue weighted by atomic mass is 35.5. The van der Waals surface area contributed by atoms with Crippen molar-refractivity contribution in [2.45, 2.75) is 12.6 Å². The van der Waals surface area contributed by atoms with E-state index in [4.69, 9.17) is 21.8 Å². The van der Waals surface area contributed by atoms with E-state index >= 15 is 0 Å². The first-order chi connectivity index (χ1) is 10.2. The number of nitrogens with two attached hydrogens (primary N) is 1. The van der Waals surface area contributed by atoms with Gasteiger partial charge < -0.3 is 10.2 Å². The summed E-state index contributed by atoms with van der Waals surface area (Å²) in [6.45, 7) is 1.31. The number of para-hydroxylation sites is 1. The van der Waals surface area contributed by atoms with Gasteiger partial charge in [0.2, 0.25) is 0 Å². The van der Waals surface area contributed by atoms with Crippen LogP contribution in [0.2, 0.25) is 4.34 Å². The molecule has 1 atom stereocenters. The van der Waals surface area contributed by atoms with Crippen LogP contribution in [0.1, 0.15) is 16.7 Å². The molecule has 0 aliphatic carbocycles. The fourth-order valence-corrected chi connectivity index (χ4v) is 3.62. The van der Waals surface area contributed by atoms with Gasteiger partial charge in [0.15, 0.2) is 0 Å². The predicted octanol–water partition coefficient (Wildman–Crippen LogP) is 4.28. The Morgan fingerprint density at radius 2 is 2.10 bits per heavy atom. The van der Waals surface area contributed by atoms with Gasteiger partial charge in [0.05, 0.1) is 10.4 Å². The normalized spacial score (nSPS) is 13.1. The Bertz CT molecular complexity index is 704. The molecule has 3 aromatic rings. The van der Waals surface area contributed by atoms with E-state index in [0.717, 1.165) is 27.6 Å². The van der Waals surface area contributed by atoms with Gasteiger partial charge in [-0.1, -0.05) is 29.8 Å². The van der Waals surface area contributed by atoms with Crippen LogP contribution in [0.5, 0.6) is 0 Å². The average molecular weight is 321 g/mol. The number of furan rings is 1. The molecular weight excluding hydrogens is 304 g/mol. The lowest BCUT2D eigenvalue weighted by Gasteiger charge is -2.24. The number of likely N-dealkylation sites (N-methyl/N-ethyl adjacent to an activating group) is 1. The summed E-state index contributed by atoms with van der Waals surface area (Å²) in [5, 5.41) is 1.11. The fourth-order valence-electron chi connectivity index (χ4n) is 2.47. The average Bonchev–Trinajstić information content (AvgIpc) is 3.05. The quantitative estimate of drug-likeness (QED) is 0.763. The Hall–Kier alpha value is -1.33. The van der Waals surface area contributed by atoms with Crippen molar-refractivity contribution in [1.29, 1.82) is 0 Å². The van der Waals surface area contributed by atoms with Gasteiger partial charge in [-0.3, -0.25) is 4.90 Å². The lowest BCUT2D eigenvalue weighted by Crippen LogP contribution is -2.29. The van der Waals surface area contributed by atoms with Gasteiger partial charge in [-0.25, -0.2) is 0 Å². The second-order valence-electron chi connectivity index (χ2n) is 5.06. The van der Waals surface area contributed by atoms with Gasteiger partial charge in [0.1, 0.15) is 11.3 Å². The van der Waals surface area contributed by atoms with Crippen molar-refractivity contribution in [1.82, 2.24) is 4.90 Å². The molecule has 1 aromatic carbocycles. The number of hydrogen-bond acceptors (Lipinski definition) is 4. The first kappa shape index (κ1) is 14.6. The molecule has 0 aliphatic heterocycles. The van der Waals surface area contributed by atoms with Crippen molar-refractivity contribution < 1.29 is 4.42 Å². The van der Waals surface area contributed by atoms with Crippen molar-refractivity contribution in [2.75, 3.05) is 13.6 Å². The van der Waals surface area contributed by atoms with Crippen molar-refractivity contribution in [3.63, 3.8) is 0 Å². The first-order valence-electron chi connectivity index (χ1n) is 6.80. The van der Waals surface area contributed by atoms with Crippen LogP contribution < -0.4 is 5.73 Å². The van der Waals surface area contributed by atoms with Crippen LogP contribution in [0, 0.1) is 0 Å². The summed E-state index contributed by atoms with van der Waals surface area (Å²) in [7, 11) is 2.05. The molecule has 0 aliphatic rings. The third-order valence-corrected chi connectivity index (χ3v) is 4.78. The minimum Gasteiger partial charge on any atom is -0.459 e. The van der Waals surface area contributed by atoms with E-state index in [9.17, 15) is 0 Å². The van der Waals surface area contributed by atoms with E-state index in [1.165, 1.54) is 4.88 Å². The monoisotopic (exact) mass is 320 g/mol. The predicted molar refractivity (Wildman–Crippen MR) is 88.8 cm³/mol. The molecule has 5 heteroatoms. The molecule has 0 saturated carbocycles. The van der Waals surface area contributed by atoms with Gasteiger partial charge in [-0.2, -0.15) is 0 Å². The van der Waals surface area contributed by atoms with Crippen molar-refractivity contribution in [3.8, 4) is 0 Å². The maximum absolute atomic E-state index is 5.98. The van der Waals surface area contributed by atoms with E-state index in [0.29, 0.717) is 6.54 Å². The highest BCUT2D eigenvalue weighted by Crippen LogP contribution is 2.29. The molecule has 0 fully saturated rings. The number of nitrogens with zero attached hydrogens (tertiary/aromatic N) is 1. The number of thiophene rings is 1. The topological polar surface area (TPSA) is 42.4 Å². The Morgan fingerprint density at radius 3 is 2.76 bits per heavy atom. The molecule has 0 radical (unpaired) electrons. The number of hydrogen-bond donors (Lipinski definition) is 1. The van der Waals surface area contributed by atoms with Crippen LogP contribution in [-0.2, 0) is 6.54 Å². The molecule has 2 N–H and O–H groups in total. The van der Waals surface area contributed by atoms with E-state index in [1.807, 2.05) is 24.3 Å². The number of halogens is 1. The Balaban J connectivity index is 1.83. The number of fused-ring (bicyclic) bond motifs is 1. The minimum absolute atomic E-state index is 0.0540. The van der Waals surface area contributed by atoms with Gasteiger partial charge in [0.25, 0.3) is 0 Å². The first-order valence-corrected chi connectivity index (χ1v) is 8.00. The lowest BCUT2D eigenvalue weighted by atomic mass is 10.1. The molecule has 110 valence electrons. The molecule has 0 spiro atoms.